The SMILES string of the molecule is COc1nc(C)cc(C)c1CNCC1(O)CCCN(CC(C)(C)C)C1=O. The van der Waals surface area contributed by atoms with Crippen molar-refractivity contribution >= 4 is 5.91 Å². The molecule has 6 heteroatoms. The van der Waals surface area contributed by atoms with Crippen LogP contribution in [0.25, 0.3) is 0 Å². The van der Waals surface area contributed by atoms with E-state index in [1.807, 2.05) is 19.9 Å². The normalized spacial score (nSPS) is 21.2. The Morgan fingerprint density at radius 2 is 2.08 bits per heavy atom. The number of aliphatic hydroxyl groups is 1. The second-order valence-corrected chi connectivity index (χ2v) is 8.59. The number of hydrogen-bond acceptors (Lipinski definition) is 5. The van der Waals surface area contributed by atoms with Crippen molar-refractivity contribution in [3.8, 4) is 5.88 Å². The van der Waals surface area contributed by atoms with Crippen LogP contribution in [0.4, 0.5) is 0 Å². The molecule has 2 heterocycles. The standard InChI is InChI=1S/C20H33N3O3/c1-14-10-15(2)22-17(26-6)16(14)11-21-12-20(25)8-7-9-23(18(20)24)13-19(3,4)5/h10,21,25H,7-9,11-13H2,1-6H3. The number of pyridine rings is 1. The predicted octanol–water partition coefficient (Wildman–Crippen LogP) is 2.20. The van der Waals surface area contributed by atoms with Gasteiger partial charge in [-0.05, 0) is 43.7 Å². The highest BCUT2D eigenvalue weighted by Gasteiger charge is 2.42. The zero-order valence-corrected chi connectivity index (χ0v) is 17.0. The molecule has 1 saturated heterocycles. The lowest BCUT2D eigenvalue weighted by Gasteiger charge is -2.41. The smallest absolute Gasteiger partial charge is 0.255 e. The molecule has 2 rings (SSSR count). The number of ether oxygens (including phenoxy) is 1. The largest absolute Gasteiger partial charge is 0.481 e. The summed E-state index contributed by atoms with van der Waals surface area (Å²) in [5, 5.41) is 14.2. The molecule has 1 unspecified atom stereocenters. The third-order valence-corrected chi connectivity index (χ3v) is 4.72. The zero-order valence-electron chi connectivity index (χ0n) is 17.0. The van der Waals surface area contributed by atoms with Gasteiger partial charge in [-0.3, -0.25) is 4.79 Å². The molecule has 0 saturated carbocycles. The van der Waals surface area contributed by atoms with Crippen molar-refractivity contribution in [3.63, 3.8) is 0 Å². The molecule has 0 bridgehead atoms. The lowest BCUT2D eigenvalue weighted by Crippen LogP contribution is -2.59. The number of methoxy groups -OCH3 is 1. The van der Waals surface area contributed by atoms with Crippen molar-refractivity contribution in [1.29, 1.82) is 0 Å². The van der Waals surface area contributed by atoms with Gasteiger partial charge in [-0.15, -0.1) is 0 Å². The van der Waals surface area contributed by atoms with Gasteiger partial charge in [0.25, 0.3) is 5.91 Å². The Morgan fingerprint density at radius 3 is 2.69 bits per heavy atom. The Morgan fingerprint density at radius 1 is 1.38 bits per heavy atom. The van der Waals surface area contributed by atoms with E-state index in [2.05, 4.69) is 31.1 Å². The first-order valence-electron chi connectivity index (χ1n) is 9.29. The maximum Gasteiger partial charge on any atom is 0.255 e. The number of aromatic nitrogens is 1. The van der Waals surface area contributed by atoms with Crippen LogP contribution in [-0.4, -0.2) is 53.2 Å². The van der Waals surface area contributed by atoms with E-state index >= 15 is 0 Å². The number of carbonyl (C=O) groups excluding carboxylic acids is 1. The highest BCUT2D eigenvalue weighted by atomic mass is 16.5. The monoisotopic (exact) mass is 363 g/mol. The molecule has 0 aliphatic carbocycles. The van der Waals surface area contributed by atoms with E-state index in [9.17, 15) is 9.90 Å². The highest BCUT2D eigenvalue weighted by molar-refractivity contribution is 5.86. The van der Waals surface area contributed by atoms with E-state index < -0.39 is 5.60 Å². The molecule has 1 aliphatic rings. The fourth-order valence-electron chi connectivity index (χ4n) is 3.56. The number of rotatable bonds is 6. The molecule has 1 aromatic rings. The molecule has 1 aliphatic heterocycles. The number of nitrogens with zero attached hydrogens (tertiary/aromatic N) is 2. The Kier molecular flexibility index (Phi) is 6.29. The van der Waals surface area contributed by atoms with Crippen LogP contribution < -0.4 is 10.1 Å². The fraction of sp³-hybridized carbons (Fsp3) is 0.700. The van der Waals surface area contributed by atoms with Gasteiger partial charge in [0.15, 0.2) is 5.60 Å². The highest BCUT2D eigenvalue weighted by Crippen LogP contribution is 2.26. The number of carbonyl (C=O) groups is 1. The molecule has 1 atom stereocenters. The Labute approximate surface area is 156 Å². The van der Waals surface area contributed by atoms with Crippen LogP contribution in [0.15, 0.2) is 6.07 Å². The average molecular weight is 364 g/mol. The van der Waals surface area contributed by atoms with E-state index in [1.54, 1.807) is 12.0 Å². The first-order chi connectivity index (χ1) is 12.1. The van der Waals surface area contributed by atoms with E-state index in [0.29, 0.717) is 31.9 Å². The number of hydrogen-bond donors (Lipinski definition) is 2. The minimum absolute atomic E-state index is 0.0133. The van der Waals surface area contributed by atoms with E-state index in [4.69, 9.17) is 4.74 Å². The van der Waals surface area contributed by atoms with Crippen LogP contribution in [0.2, 0.25) is 0 Å². The molecular formula is C20H33N3O3. The molecular weight excluding hydrogens is 330 g/mol. The second kappa shape index (κ2) is 7.92. The molecule has 1 fully saturated rings. The number of nitrogens with one attached hydrogen (secondary N) is 1. The molecule has 0 radical (unpaired) electrons. The van der Waals surface area contributed by atoms with Gasteiger partial charge >= 0.3 is 0 Å². The lowest BCUT2D eigenvalue weighted by molar-refractivity contribution is -0.158. The maximum absolute atomic E-state index is 12.8. The molecule has 26 heavy (non-hydrogen) atoms. The molecule has 2 N–H and O–H groups in total. The van der Waals surface area contributed by atoms with E-state index in [1.165, 1.54) is 0 Å². The molecule has 0 aromatic carbocycles. The summed E-state index contributed by atoms with van der Waals surface area (Å²) in [7, 11) is 1.60. The minimum Gasteiger partial charge on any atom is -0.481 e. The number of piperidine rings is 1. The van der Waals surface area contributed by atoms with Gasteiger partial charge in [0.1, 0.15) is 0 Å². The van der Waals surface area contributed by atoms with Crippen molar-refractivity contribution in [3.05, 3.63) is 22.9 Å². The van der Waals surface area contributed by atoms with Gasteiger partial charge in [0.2, 0.25) is 5.88 Å². The summed E-state index contributed by atoms with van der Waals surface area (Å²) < 4.78 is 5.38. The van der Waals surface area contributed by atoms with Crippen LogP contribution in [0, 0.1) is 19.3 Å². The molecule has 1 aromatic heterocycles. The van der Waals surface area contributed by atoms with Crippen LogP contribution in [0.3, 0.4) is 0 Å². The van der Waals surface area contributed by atoms with E-state index in [0.717, 1.165) is 23.2 Å². The summed E-state index contributed by atoms with van der Waals surface area (Å²) in [5.41, 5.74) is 1.61. The topological polar surface area (TPSA) is 74.7 Å². The lowest BCUT2D eigenvalue weighted by atomic mass is 9.88. The number of likely N-dealkylation sites (tertiary alicyclic amines) is 1. The minimum atomic E-state index is -1.34. The first kappa shape index (κ1) is 20.6. The fourth-order valence-corrected chi connectivity index (χ4v) is 3.56. The summed E-state index contributed by atoms with van der Waals surface area (Å²) in [6, 6.07) is 2.01. The van der Waals surface area contributed by atoms with Crippen LogP contribution in [0.5, 0.6) is 5.88 Å². The Bertz CT molecular complexity index is 654. The first-order valence-corrected chi connectivity index (χ1v) is 9.29. The van der Waals surface area contributed by atoms with Gasteiger partial charge in [-0.1, -0.05) is 20.8 Å². The quantitative estimate of drug-likeness (QED) is 0.810. The summed E-state index contributed by atoms with van der Waals surface area (Å²) in [5.74, 6) is 0.420. The summed E-state index contributed by atoms with van der Waals surface area (Å²) in [4.78, 5) is 19.0. The van der Waals surface area contributed by atoms with Crippen molar-refractivity contribution in [2.24, 2.45) is 5.41 Å². The van der Waals surface area contributed by atoms with Crippen LogP contribution in [0.1, 0.15) is 50.4 Å². The second-order valence-electron chi connectivity index (χ2n) is 8.59. The van der Waals surface area contributed by atoms with Crippen molar-refractivity contribution < 1.29 is 14.6 Å². The molecule has 0 spiro atoms. The van der Waals surface area contributed by atoms with Gasteiger partial charge < -0.3 is 20.1 Å². The molecule has 1 amide bonds. The van der Waals surface area contributed by atoms with Crippen LogP contribution in [-0.2, 0) is 11.3 Å². The van der Waals surface area contributed by atoms with Crippen molar-refractivity contribution in [1.82, 2.24) is 15.2 Å². The van der Waals surface area contributed by atoms with Crippen molar-refractivity contribution in [2.45, 2.75) is 59.6 Å². The number of amides is 1. The van der Waals surface area contributed by atoms with Crippen LogP contribution >= 0.6 is 0 Å². The third kappa shape index (κ3) is 4.95. The van der Waals surface area contributed by atoms with E-state index in [-0.39, 0.29) is 17.9 Å². The predicted molar refractivity (Wildman–Crippen MR) is 102 cm³/mol. The summed E-state index contributed by atoms with van der Waals surface area (Å²) in [6.45, 7) is 12.3. The summed E-state index contributed by atoms with van der Waals surface area (Å²) >= 11 is 0. The molecule has 146 valence electrons. The summed E-state index contributed by atoms with van der Waals surface area (Å²) in [6.07, 6.45) is 1.30. The zero-order chi connectivity index (χ0) is 19.5. The van der Waals surface area contributed by atoms with Gasteiger partial charge in [0.05, 0.1) is 7.11 Å². The van der Waals surface area contributed by atoms with Gasteiger partial charge in [0, 0.05) is 37.4 Å². The van der Waals surface area contributed by atoms with Gasteiger partial charge in [-0.2, -0.15) is 0 Å². The number of aryl methyl sites for hydroxylation is 2. The average Bonchev–Trinajstić information content (AvgIpc) is 2.52. The maximum atomic E-state index is 12.8. The van der Waals surface area contributed by atoms with Gasteiger partial charge in [-0.25, -0.2) is 4.98 Å². The molecule has 6 nitrogen and oxygen atoms in total. The Hall–Kier alpha value is -1.66. The van der Waals surface area contributed by atoms with Crippen molar-refractivity contribution in [2.75, 3.05) is 26.7 Å². The third-order valence-electron chi connectivity index (χ3n) is 4.72. The Balaban J connectivity index is 2.03.